The summed E-state index contributed by atoms with van der Waals surface area (Å²) in [5.41, 5.74) is 0.811. The van der Waals surface area contributed by atoms with Crippen LogP contribution >= 0.6 is 11.3 Å². The van der Waals surface area contributed by atoms with E-state index in [1.54, 1.807) is 10.8 Å². The van der Waals surface area contributed by atoms with E-state index in [1.165, 1.54) is 11.3 Å². The van der Waals surface area contributed by atoms with Gasteiger partial charge in [-0.3, -0.25) is 4.79 Å². The van der Waals surface area contributed by atoms with E-state index in [-0.39, 0.29) is 13.0 Å². The summed E-state index contributed by atoms with van der Waals surface area (Å²) in [7, 11) is 0. The summed E-state index contributed by atoms with van der Waals surface area (Å²) in [5, 5.41) is 30.8. The predicted molar refractivity (Wildman–Crippen MR) is 52.4 cm³/mol. The van der Waals surface area contributed by atoms with Crippen LogP contribution < -0.4 is 0 Å². The zero-order chi connectivity index (χ0) is 10.6. The first-order valence-electron chi connectivity index (χ1n) is 4.19. The standard InChI is InChI=1S/C9H12O4S/c10-2-1-8(12)9(13)7-5-14-4-6(7)3-11/h3-5,8-10,12-13H,1-2H2. The van der Waals surface area contributed by atoms with E-state index < -0.39 is 12.2 Å². The molecular formula is C9H12O4S. The van der Waals surface area contributed by atoms with Crippen molar-refractivity contribution >= 4 is 17.6 Å². The highest BCUT2D eigenvalue weighted by molar-refractivity contribution is 7.08. The summed E-state index contributed by atoms with van der Waals surface area (Å²) < 4.78 is 0. The van der Waals surface area contributed by atoms with Crippen LogP contribution in [0, 0.1) is 0 Å². The number of hydrogen-bond donors (Lipinski definition) is 3. The average molecular weight is 216 g/mol. The van der Waals surface area contributed by atoms with E-state index in [1.807, 2.05) is 0 Å². The minimum Gasteiger partial charge on any atom is -0.396 e. The Morgan fingerprint density at radius 1 is 1.43 bits per heavy atom. The molecular weight excluding hydrogens is 204 g/mol. The SMILES string of the molecule is O=Cc1cscc1C(O)C(O)CCO. The summed E-state index contributed by atoms with van der Waals surface area (Å²) in [5.74, 6) is 0. The van der Waals surface area contributed by atoms with E-state index in [0.717, 1.165) is 0 Å². The van der Waals surface area contributed by atoms with Crippen molar-refractivity contribution in [3.05, 3.63) is 21.9 Å². The van der Waals surface area contributed by atoms with Crippen molar-refractivity contribution in [2.45, 2.75) is 18.6 Å². The molecule has 5 heteroatoms. The van der Waals surface area contributed by atoms with Crippen LogP contribution in [0.3, 0.4) is 0 Å². The number of aliphatic hydroxyl groups excluding tert-OH is 3. The molecule has 0 bridgehead atoms. The Labute approximate surface area is 85.4 Å². The predicted octanol–water partition coefficient (Wildman–Crippen LogP) is 0.337. The minimum atomic E-state index is -1.10. The van der Waals surface area contributed by atoms with Crippen molar-refractivity contribution < 1.29 is 20.1 Å². The van der Waals surface area contributed by atoms with Crippen LogP contribution in [-0.2, 0) is 0 Å². The Morgan fingerprint density at radius 3 is 2.71 bits per heavy atom. The van der Waals surface area contributed by atoms with Crippen molar-refractivity contribution in [3.8, 4) is 0 Å². The summed E-state index contributed by atoms with van der Waals surface area (Å²) >= 11 is 1.29. The Balaban J connectivity index is 2.77. The Hall–Kier alpha value is -0.750. The van der Waals surface area contributed by atoms with E-state index in [0.29, 0.717) is 17.4 Å². The van der Waals surface area contributed by atoms with Crippen molar-refractivity contribution in [2.75, 3.05) is 6.61 Å². The number of carbonyl (C=O) groups excluding carboxylic acids is 1. The molecule has 0 saturated heterocycles. The number of rotatable bonds is 5. The van der Waals surface area contributed by atoms with Gasteiger partial charge in [0.15, 0.2) is 6.29 Å². The monoisotopic (exact) mass is 216 g/mol. The molecule has 2 unspecified atom stereocenters. The van der Waals surface area contributed by atoms with Crippen LogP contribution in [0.15, 0.2) is 10.8 Å². The van der Waals surface area contributed by atoms with Gasteiger partial charge in [0.25, 0.3) is 0 Å². The maximum Gasteiger partial charge on any atom is 0.151 e. The molecule has 0 aliphatic rings. The third-order valence-electron chi connectivity index (χ3n) is 1.96. The van der Waals surface area contributed by atoms with E-state index in [4.69, 9.17) is 5.11 Å². The van der Waals surface area contributed by atoms with Crippen molar-refractivity contribution in [1.82, 2.24) is 0 Å². The van der Waals surface area contributed by atoms with Gasteiger partial charge < -0.3 is 15.3 Å². The second-order valence-corrected chi connectivity index (χ2v) is 3.67. The van der Waals surface area contributed by atoms with Crippen LogP contribution in [-0.4, -0.2) is 34.3 Å². The van der Waals surface area contributed by atoms with Crippen molar-refractivity contribution in [2.24, 2.45) is 0 Å². The first kappa shape index (κ1) is 11.3. The van der Waals surface area contributed by atoms with Crippen molar-refractivity contribution in [1.29, 1.82) is 0 Å². The lowest BCUT2D eigenvalue weighted by Crippen LogP contribution is -2.19. The van der Waals surface area contributed by atoms with E-state index in [2.05, 4.69) is 0 Å². The summed E-state index contributed by atoms with van der Waals surface area (Å²) in [6.07, 6.45) is -1.40. The van der Waals surface area contributed by atoms with Gasteiger partial charge >= 0.3 is 0 Å². The highest BCUT2D eigenvalue weighted by atomic mass is 32.1. The van der Waals surface area contributed by atoms with Gasteiger partial charge in [0.05, 0.1) is 6.10 Å². The highest BCUT2D eigenvalue weighted by Crippen LogP contribution is 2.24. The molecule has 1 rings (SSSR count). The number of thiophene rings is 1. The fourth-order valence-electron chi connectivity index (χ4n) is 1.15. The first-order chi connectivity index (χ1) is 6.70. The molecule has 2 atom stereocenters. The molecule has 4 nitrogen and oxygen atoms in total. The summed E-state index contributed by atoms with van der Waals surface area (Å²) in [6.45, 7) is -0.196. The average Bonchev–Trinajstić information content (AvgIpc) is 2.64. The quantitative estimate of drug-likeness (QED) is 0.620. The Bertz CT molecular complexity index is 297. The lowest BCUT2D eigenvalue weighted by molar-refractivity contribution is 0.00419. The topological polar surface area (TPSA) is 77.8 Å². The second-order valence-electron chi connectivity index (χ2n) is 2.92. The summed E-state index contributed by atoms with van der Waals surface area (Å²) in [4.78, 5) is 10.5. The number of hydrogen-bond acceptors (Lipinski definition) is 5. The number of aldehydes is 1. The van der Waals surface area contributed by atoms with Gasteiger partial charge in [-0.1, -0.05) is 0 Å². The van der Waals surface area contributed by atoms with Crippen LogP contribution in [0.25, 0.3) is 0 Å². The molecule has 0 spiro atoms. The molecule has 1 heterocycles. The molecule has 3 N–H and O–H groups in total. The molecule has 78 valence electrons. The maximum atomic E-state index is 10.5. The molecule has 0 fully saturated rings. The van der Waals surface area contributed by atoms with Gasteiger partial charge in [0.2, 0.25) is 0 Å². The fourth-order valence-corrected chi connectivity index (χ4v) is 1.98. The van der Waals surface area contributed by atoms with Crippen LogP contribution in [0.2, 0.25) is 0 Å². The molecule has 0 saturated carbocycles. The minimum absolute atomic E-state index is 0.0926. The number of aliphatic hydroxyl groups is 3. The van der Waals surface area contributed by atoms with E-state index >= 15 is 0 Å². The molecule has 0 radical (unpaired) electrons. The molecule has 1 aromatic rings. The lowest BCUT2D eigenvalue weighted by atomic mass is 10.0. The smallest absolute Gasteiger partial charge is 0.151 e. The van der Waals surface area contributed by atoms with Crippen LogP contribution in [0.5, 0.6) is 0 Å². The van der Waals surface area contributed by atoms with Gasteiger partial charge in [-0.05, 0) is 11.8 Å². The zero-order valence-corrected chi connectivity index (χ0v) is 8.28. The fraction of sp³-hybridized carbons (Fsp3) is 0.444. The molecule has 14 heavy (non-hydrogen) atoms. The Kier molecular flexibility index (Phi) is 4.21. The van der Waals surface area contributed by atoms with Gasteiger partial charge in [0, 0.05) is 23.1 Å². The third kappa shape index (κ3) is 2.39. The van der Waals surface area contributed by atoms with Crippen LogP contribution in [0.4, 0.5) is 0 Å². The molecule has 1 aromatic heterocycles. The third-order valence-corrected chi connectivity index (χ3v) is 2.74. The van der Waals surface area contributed by atoms with E-state index in [9.17, 15) is 15.0 Å². The van der Waals surface area contributed by atoms with Crippen LogP contribution in [0.1, 0.15) is 28.4 Å². The van der Waals surface area contributed by atoms with Crippen molar-refractivity contribution in [3.63, 3.8) is 0 Å². The normalized spacial score (nSPS) is 15.1. The van der Waals surface area contributed by atoms with Gasteiger partial charge in [-0.2, -0.15) is 11.3 Å². The second kappa shape index (κ2) is 5.21. The highest BCUT2D eigenvalue weighted by Gasteiger charge is 2.20. The molecule has 0 aliphatic heterocycles. The molecule has 0 aliphatic carbocycles. The first-order valence-corrected chi connectivity index (χ1v) is 5.13. The Morgan fingerprint density at radius 2 is 2.14 bits per heavy atom. The largest absolute Gasteiger partial charge is 0.396 e. The molecule has 0 aromatic carbocycles. The van der Waals surface area contributed by atoms with Gasteiger partial charge in [-0.15, -0.1) is 0 Å². The lowest BCUT2D eigenvalue weighted by Gasteiger charge is -2.16. The maximum absolute atomic E-state index is 10.5. The molecule has 0 amide bonds. The van der Waals surface area contributed by atoms with Gasteiger partial charge in [-0.25, -0.2) is 0 Å². The zero-order valence-electron chi connectivity index (χ0n) is 7.46. The van der Waals surface area contributed by atoms with Gasteiger partial charge in [0.1, 0.15) is 6.10 Å². The summed E-state index contributed by atoms with van der Waals surface area (Å²) in [6, 6.07) is 0. The number of carbonyl (C=O) groups is 1.